The van der Waals surface area contributed by atoms with Crippen LogP contribution in [-0.4, -0.2) is 16.6 Å². The molecule has 2 amide bonds. The predicted molar refractivity (Wildman–Crippen MR) is 75.5 cm³/mol. The second kappa shape index (κ2) is 5.04. The summed E-state index contributed by atoms with van der Waals surface area (Å²) < 4.78 is 0. The fraction of sp³-hybridized carbons (Fsp3) is 0.154. The molecule has 1 aromatic rings. The van der Waals surface area contributed by atoms with Crippen molar-refractivity contribution >= 4 is 17.4 Å². The van der Waals surface area contributed by atoms with Crippen LogP contribution in [-0.2, 0) is 0 Å². The van der Waals surface area contributed by atoms with Crippen LogP contribution in [0.2, 0.25) is 0 Å². The molecule has 4 N–H and O–H groups in total. The Hall–Kier alpha value is -2.83. The number of nitrogen functional groups attached to an aromatic ring is 1. The van der Waals surface area contributed by atoms with Gasteiger partial charge in [-0.2, -0.15) is 0 Å². The smallest absolute Gasteiger partial charge is 0.326 e. The van der Waals surface area contributed by atoms with Crippen LogP contribution < -0.4 is 16.4 Å². The van der Waals surface area contributed by atoms with Gasteiger partial charge in [-0.1, -0.05) is 24.3 Å². The molecule has 1 unspecified atom stereocenters. The number of anilines is 2. The van der Waals surface area contributed by atoms with Crippen molar-refractivity contribution in [1.29, 1.82) is 0 Å². The van der Waals surface area contributed by atoms with Crippen molar-refractivity contribution < 1.29 is 9.72 Å². The molecule has 0 saturated heterocycles. The average molecular weight is 274 g/mol. The zero-order chi connectivity index (χ0) is 14.8. The van der Waals surface area contributed by atoms with E-state index in [1.165, 1.54) is 18.2 Å². The fourth-order valence-electron chi connectivity index (χ4n) is 2.19. The number of nitrogens with zero attached hydrogens (tertiary/aromatic N) is 2. The van der Waals surface area contributed by atoms with Crippen LogP contribution in [0.5, 0.6) is 0 Å². The molecule has 7 heteroatoms. The molecule has 0 bridgehead atoms. The SMILES string of the molecule is NC(=O)N(c1cccc(N)c1)C1([N+](=O)[O-])C=CC=CC1. The molecule has 1 aliphatic rings. The molecule has 1 aliphatic carbocycles. The topological polar surface area (TPSA) is 115 Å². The predicted octanol–water partition coefficient (Wildman–Crippen LogP) is 1.64. The number of nitro groups is 1. The number of amides is 2. The Labute approximate surface area is 115 Å². The number of primary amides is 1. The van der Waals surface area contributed by atoms with Gasteiger partial charge in [-0.05, 0) is 18.2 Å². The molecule has 1 aromatic carbocycles. The number of urea groups is 1. The first kappa shape index (κ1) is 13.6. The lowest BCUT2D eigenvalue weighted by atomic mass is 9.98. The van der Waals surface area contributed by atoms with E-state index in [1.54, 1.807) is 30.4 Å². The number of allylic oxidation sites excluding steroid dienone is 2. The molecule has 0 heterocycles. The van der Waals surface area contributed by atoms with E-state index in [9.17, 15) is 14.9 Å². The average Bonchev–Trinajstić information content (AvgIpc) is 2.39. The van der Waals surface area contributed by atoms with E-state index in [4.69, 9.17) is 11.5 Å². The van der Waals surface area contributed by atoms with Crippen LogP contribution in [0.15, 0.2) is 48.6 Å². The summed E-state index contributed by atoms with van der Waals surface area (Å²) in [5, 5.41) is 11.5. The highest BCUT2D eigenvalue weighted by Crippen LogP contribution is 2.32. The quantitative estimate of drug-likeness (QED) is 0.377. The third kappa shape index (κ3) is 2.20. The Morgan fingerprint density at radius 1 is 1.40 bits per heavy atom. The molecule has 7 nitrogen and oxygen atoms in total. The largest absolute Gasteiger partial charge is 0.399 e. The van der Waals surface area contributed by atoms with E-state index < -0.39 is 16.6 Å². The van der Waals surface area contributed by atoms with Gasteiger partial charge in [0.25, 0.3) is 0 Å². The molecule has 104 valence electrons. The summed E-state index contributed by atoms with van der Waals surface area (Å²) >= 11 is 0. The maximum atomic E-state index is 11.8. The molecule has 0 aromatic heterocycles. The van der Waals surface area contributed by atoms with Gasteiger partial charge < -0.3 is 11.5 Å². The van der Waals surface area contributed by atoms with Crippen LogP contribution in [0.3, 0.4) is 0 Å². The van der Waals surface area contributed by atoms with Gasteiger partial charge in [-0.15, -0.1) is 0 Å². The standard InChI is InChI=1S/C13H14N4O3/c14-10-5-4-6-11(9-10)16(12(15)18)13(17(19)20)7-2-1-3-8-13/h1-7,9H,8,14H2,(H2,15,18). The van der Waals surface area contributed by atoms with Gasteiger partial charge >= 0.3 is 11.7 Å². The third-order valence-electron chi connectivity index (χ3n) is 3.08. The van der Waals surface area contributed by atoms with Crippen LogP contribution in [0.1, 0.15) is 6.42 Å². The molecule has 0 radical (unpaired) electrons. The molecular formula is C13H14N4O3. The van der Waals surface area contributed by atoms with Crippen molar-refractivity contribution in [1.82, 2.24) is 0 Å². The molecular weight excluding hydrogens is 260 g/mol. The minimum Gasteiger partial charge on any atom is -0.399 e. The van der Waals surface area contributed by atoms with Crippen LogP contribution >= 0.6 is 0 Å². The van der Waals surface area contributed by atoms with Crippen LogP contribution in [0.25, 0.3) is 0 Å². The van der Waals surface area contributed by atoms with Gasteiger partial charge in [0, 0.05) is 11.8 Å². The highest BCUT2D eigenvalue weighted by Gasteiger charge is 2.49. The Morgan fingerprint density at radius 2 is 2.15 bits per heavy atom. The summed E-state index contributed by atoms with van der Waals surface area (Å²) in [5.41, 5.74) is 9.97. The summed E-state index contributed by atoms with van der Waals surface area (Å²) in [6.45, 7) is 0. The number of carbonyl (C=O) groups excluding carboxylic acids is 1. The van der Waals surface area contributed by atoms with E-state index in [-0.39, 0.29) is 12.1 Å². The highest BCUT2D eigenvalue weighted by molar-refractivity contribution is 5.93. The summed E-state index contributed by atoms with van der Waals surface area (Å²) in [6, 6.07) is 5.35. The first-order valence-electron chi connectivity index (χ1n) is 5.91. The second-order valence-electron chi connectivity index (χ2n) is 4.40. The summed E-state index contributed by atoms with van der Waals surface area (Å²) in [5.74, 6) is 0. The molecule has 0 saturated carbocycles. The summed E-state index contributed by atoms with van der Waals surface area (Å²) in [7, 11) is 0. The maximum Gasteiger partial charge on any atom is 0.326 e. The Kier molecular flexibility index (Phi) is 3.43. The first-order chi connectivity index (χ1) is 9.47. The van der Waals surface area contributed by atoms with Gasteiger partial charge in [0.05, 0.1) is 17.0 Å². The molecule has 0 aliphatic heterocycles. The van der Waals surface area contributed by atoms with Crippen molar-refractivity contribution in [2.75, 3.05) is 10.6 Å². The number of carbonyl (C=O) groups is 1. The van der Waals surface area contributed by atoms with Gasteiger partial charge in [0.2, 0.25) is 0 Å². The summed E-state index contributed by atoms with van der Waals surface area (Å²) in [6.07, 6.45) is 6.20. The van der Waals surface area contributed by atoms with E-state index in [1.807, 2.05) is 0 Å². The molecule has 1 atom stereocenters. The second-order valence-corrected chi connectivity index (χ2v) is 4.40. The van der Waals surface area contributed by atoms with E-state index >= 15 is 0 Å². The molecule has 0 fully saturated rings. The number of benzene rings is 1. The zero-order valence-electron chi connectivity index (χ0n) is 10.6. The zero-order valence-corrected chi connectivity index (χ0v) is 10.6. The lowest BCUT2D eigenvalue weighted by Gasteiger charge is -2.33. The Morgan fingerprint density at radius 3 is 2.65 bits per heavy atom. The normalized spacial score (nSPS) is 20.6. The van der Waals surface area contributed by atoms with Crippen LogP contribution in [0, 0.1) is 10.1 Å². The summed E-state index contributed by atoms with van der Waals surface area (Å²) in [4.78, 5) is 23.7. The van der Waals surface area contributed by atoms with Crippen molar-refractivity contribution in [3.05, 3.63) is 58.7 Å². The monoisotopic (exact) mass is 274 g/mol. The maximum absolute atomic E-state index is 11.8. The van der Waals surface area contributed by atoms with E-state index in [0.717, 1.165) is 4.90 Å². The number of rotatable bonds is 3. The first-order valence-corrected chi connectivity index (χ1v) is 5.91. The van der Waals surface area contributed by atoms with Crippen molar-refractivity contribution in [3.8, 4) is 0 Å². The Balaban J connectivity index is 2.57. The minimum absolute atomic E-state index is 0.0360. The Bertz CT molecular complexity index is 611. The van der Waals surface area contributed by atoms with E-state index in [2.05, 4.69) is 0 Å². The minimum atomic E-state index is -1.73. The number of hydrogen-bond donors (Lipinski definition) is 2. The molecule has 2 rings (SSSR count). The van der Waals surface area contributed by atoms with Gasteiger partial charge in [-0.3, -0.25) is 10.1 Å². The number of hydrogen-bond acceptors (Lipinski definition) is 4. The highest BCUT2D eigenvalue weighted by atomic mass is 16.6. The van der Waals surface area contributed by atoms with Crippen molar-refractivity contribution in [2.45, 2.75) is 12.1 Å². The lowest BCUT2D eigenvalue weighted by molar-refractivity contribution is -0.551. The van der Waals surface area contributed by atoms with Crippen molar-refractivity contribution in [2.24, 2.45) is 5.73 Å². The van der Waals surface area contributed by atoms with Gasteiger partial charge in [-0.25, -0.2) is 9.69 Å². The molecule has 20 heavy (non-hydrogen) atoms. The number of nitrogens with two attached hydrogens (primary N) is 2. The van der Waals surface area contributed by atoms with Gasteiger partial charge in [0.15, 0.2) is 0 Å². The van der Waals surface area contributed by atoms with Gasteiger partial charge in [0.1, 0.15) is 0 Å². The van der Waals surface area contributed by atoms with Crippen LogP contribution in [0.4, 0.5) is 16.2 Å². The third-order valence-corrected chi connectivity index (χ3v) is 3.08. The molecule has 0 spiro atoms. The van der Waals surface area contributed by atoms with Crippen molar-refractivity contribution in [3.63, 3.8) is 0 Å². The van der Waals surface area contributed by atoms with E-state index in [0.29, 0.717) is 5.69 Å². The fourth-order valence-corrected chi connectivity index (χ4v) is 2.19. The lowest BCUT2D eigenvalue weighted by Crippen LogP contribution is -2.58.